The van der Waals surface area contributed by atoms with E-state index >= 15 is 0 Å². The van der Waals surface area contributed by atoms with Crippen molar-refractivity contribution in [2.24, 2.45) is 0 Å². The lowest BCUT2D eigenvalue weighted by Gasteiger charge is -2.16. The van der Waals surface area contributed by atoms with Gasteiger partial charge in [0.15, 0.2) is 0 Å². The largest absolute Gasteiger partial charge is 0.354 e. The fraction of sp³-hybridized carbons (Fsp3) is 0.375. The maximum absolute atomic E-state index is 13.0. The number of amides is 1. The minimum absolute atomic E-state index is 0.0341. The standard InChI is InChI=1S/C16H18FN3O/c1-12-18-8-10-20(12)11-9-19-15(21)16(6-7-16)13-2-4-14(17)5-3-13/h2-5,8,10H,6-7,9,11H2,1H3,(H,19,21). The summed E-state index contributed by atoms with van der Waals surface area (Å²) in [7, 11) is 0. The van der Waals surface area contributed by atoms with Gasteiger partial charge in [0.25, 0.3) is 0 Å². The van der Waals surface area contributed by atoms with E-state index in [4.69, 9.17) is 0 Å². The van der Waals surface area contributed by atoms with Crippen LogP contribution in [0.25, 0.3) is 0 Å². The zero-order chi connectivity index (χ0) is 14.9. The number of hydrogen-bond acceptors (Lipinski definition) is 2. The van der Waals surface area contributed by atoms with Crippen LogP contribution in [0.5, 0.6) is 0 Å². The van der Waals surface area contributed by atoms with Crippen molar-refractivity contribution >= 4 is 5.91 Å². The Bertz CT molecular complexity index is 644. The van der Waals surface area contributed by atoms with E-state index in [1.807, 2.05) is 17.7 Å². The van der Waals surface area contributed by atoms with Gasteiger partial charge in [0.2, 0.25) is 5.91 Å². The molecule has 1 aliphatic carbocycles. The van der Waals surface area contributed by atoms with Gasteiger partial charge in [-0.05, 0) is 37.5 Å². The van der Waals surface area contributed by atoms with Gasteiger partial charge in [0.1, 0.15) is 11.6 Å². The first-order valence-corrected chi connectivity index (χ1v) is 7.14. The van der Waals surface area contributed by atoms with Crippen LogP contribution in [0, 0.1) is 12.7 Å². The van der Waals surface area contributed by atoms with Crippen LogP contribution < -0.4 is 5.32 Å². The summed E-state index contributed by atoms with van der Waals surface area (Å²) in [6, 6.07) is 6.25. The highest BCUT2D eigenvalue weighted by atomic mass is 19.1. The molecule has 0 saturated heterocycles. The molecule has 2 aromatic rings. The molecule has 1 aromatic heterocycles. The Hall–Kier alpha value is -2.17. The van der Waals surface area contributed by atoms with E-state index in [0.717, 1.165) is 24.2 Å². The van der Waals surface area contributed by atoms with Crippen LogP contribution in [0.2, 0.25) is 0 Å². The van der Waals surface area contributed by atoms with Crippen molar-refractivity contribution in [3.05, 3.63) is 53.9 Å². The Labute approximate surface area is 123 Å². The summed E-state index contributed by atoms with van der Waals surface area (Å²) in [5, 5.41) is 2.98. The molecule has 3 rings (SSSR count). The predicted molar refractivity (Wildman–Crippen MR) is 77.3 cm³/mol. The first kappa shape index (κ1) is 13.8. The molecule has 0 spiro atoms. The molecular formula is C16H18FN3O. The fourth-order valence-corrected chi connectivity index (χ4v) is 2.64. The maximum atomic E-state index is 13.0. The van der Waals surface area contributed by atoms with Crippen LogP contribution >= 0.6 is 0 Å². The summed E-state index contributed by atoms with van der Waals surface area (Å²) in [6.07, 6.45) is 5.30. The molecule has 0 radical (unpaired) electrons. The number of halogens is 1. The third kappa shape index (κ3) is 2.68. The van der Waals surface area contributed by atoms with Crippen LogP contribution in [-0.4, -0.2) is 22.0 Å². The van der Waals surface area contributed by atoms with Crippen LogP contribution in [0.4, 0.5) is 4.39 Å². The number of benzene rings is 1. The van der Waals surface area contributed by atoms with Crippen LogP contribution in [0.3, 0.4) is 0 Å². The van der Waals surface area contributed by atoms with Crippen molar-refractivity contribution in [1.82, 2.24) is 14.9 Å². The van der Waals surface area contributed by atoms with Crippen molar-refractivity contribution in [2.75, 3.05) is 6.54 Å². The van der Waals surface area contributed by atoms with Gasteiger partial charge >= 0.3 is 0 Å². The summed E-state index contributed by atoms with van der Waals surface area (Å²) in [6.45, 7) is 3.21. The third-order valence-electron chi connectivity index (χ3n) is 4.14. The molecule has 1 aliphatic rings. The van der Waals surface area contributed by atoms with Gasteiger partial charge in [-0.2, -0.15) is 0 Å². The predicted octanol–water partition coefficient (Wildman–Crippen LogP) is 2.18. The SMILES string of the molecule is Cc1nccn1CCNC(=O)C1(c2ccc(F)cc2)CC1. The van der Waals surface area contributed by atoms with Gasteiger partial charge in [-0.25, -0.2) is 9.37 Å². The lowest BCUT2D eigenvalue weighted by molar-refractivity contribution is -0.123. The Balaban J connectivity index is 1.60. The molecule has 0 bridgehead atoms. The summed E-state index contributed by atoms with van der Waals surface area (Å²) >= 11 is 0. The number of nitrogens with zero attached hydrogens (tertiary/aromatic N) is 2. The molecule has 1 aromatic carbocycles. The van der Waals surface area contributed by atoms with E-state index in [0.29, 0.717) is 13.1 Å². The average molecular weight is 287 g/mol. The molecule has 0 aliphatic heterocycles. The Morgan fingerprint density at radius 1 is 1.38 bits per heavy atom. The maximum Gasteiger partial charge on any atom is 0.230 e. The van der Waals surface area contributed by atoms with Crippen molar-refractivity contribution in [3.63, 3.8) is 0 Å². The summed E-state index contributed by atoms with van der Waals surface area (Å²) in [5.41, 5.74) is 0.456. The highest BCUT2D eigenvalue weighted by Gasteiger charge is 2.50. The van der Waals surface area contributed by atoms with Crippen molar-refractivity contribution in [3.8, 4) is 0 Å². The molecule has 1 amide bonds. The molecule has 1 fully saturated rings. The Morgan fingerprint density at radius 3 is 2.67 bits per heavy atom. The summed E-state index contributed by atoms with van der Waals surface area (Å²) in [5.74, 6) is 0.696. The van der Waals surface area contributed by atoms with Gasteiger partial charge < -0.3 is 9.88 Å². The number of carbonyl (C=O) groups excluding carboxylic acids is 1. The monoisotopic (exact) mass is 287 g/mol. The number of imidazole rings is 1. The zero-order valence-electron chi connectivity index (χ0n) is 12.0. The lowest BCUT2D eigenvalue weighted by atomic mass is 9.95. The highest BCUT2D eigenvalue weighted by Crippen LogP contribution is 2.48. The van der Waals surface area contributed by atoms with Crippen LogP contribution in [-0.2, 0) is 16.8 Å². The number of rotatable bonds is 5. The number of carbonyl (C=O) groups is 1. The normalized spacial score (nSPS) is 15.7. The molecule has 1 N–H and O–H groups in total. The number of aryl methyl sites for hydroxylation is 1. The number of nitrogens with one attached hydrogen (secondary N) is 1. The second-order valence-electron chi connectivity index (χ2n) is 5.51. The molecule has 0 unspecified atom stereocenters. The van der Waals surface area contributed by atoms with Gasteiger partial charge in [0.05, 0.1) is 5.41 Å². The minimum atomic E-state index is -0.447. The first-order valence-electron chi connectivity index (χ1n) is 7.14. The Morgan fingerprint density at radius 2 is 2.10 bits per heavy atom. The topological polar surface area (TPSA) is 46.9 Å². The molecule has 5 heteroatoms. The zero-order valence-corrected chi connectivity index (χ0v) is 12.0. The second kappa shape index (κ2) is 5.31. The van der Waals surface area contributed by atoms with Gasteiger partial charge in [-0.3, -0.25) is 4.79 Å². The van der Waals surface area contributed by atoms with Crippen molar-refractivity contribution in [1.29, 1.82) is 0 Å². The van der Waals surface area contributed by atoms with Gasteiger partial charge in [0, 0.05) is 25.5 Å². The third-order valence-corrected chi connectivity index (χ3v) is 4.14. The molecular weight excluding hydrogens is 269 g/mol. The fourth-order valence-electron chi connectivity index (χ4n) is 2.64. The van der Waals surface area contributed by atoms with E-state index < -0.39 is 5.41 Å². The lowest BCUT2D eigenvalue weighted by Crippen LogP contribution is -2.36. The van der Waals surface area contributed by atoms with E-state index in [2.05, 4.69) is 10.3 Å². The van der Waals surface area contributed by atoms with E-state index in [-0.39, 0.29) is 11.7 Å². The number of hydrogen-bond donors (Lipinski definition) is 1. The second-order valence-corrected chi connectivity index (χ2v) is 5.51. The van der Waals surface area contributed by atoms with E-state index in [1.54, 1.807) is 18.3 Å². The first-order chi connectivity index (χ1) is 10.1. The van der Waals surface area contributed by atoms with Gasteiger partial charge in [-0.1, -0.05) is 12.1 Å². The summed E-state index contributed by atoms with van der Waals surface area (Å²) in [4.78, 5) is 16.5. The molecule has 4 nitrogen and oxygen atoms in total. The summed E-state index contributed by atoms with van der Waals surface area (Å²) < 4.78 is 15.0. The molecule has 1 heterocycles. The molecule has 0 atom stereocenters. The quantitative estimate of drug-likeness (QED) is 0.916. The van der Waals surface area contributed by atoms with Crippen LogP contribution in [0.15, 0.2) is 36.7 Å². The van der Waals surface area contributed by atoms with E-state index in [9.17, 15) is 9.18 Å². The molecule has 110 valence electrons. The van der Waals surface area contributed by atoms with Gasteiger partial charge in [-0.15, -0.1) is 0 Å². The molecule has 21 heavy (non-hydrogen) atoms. The van der Waals surface area contributed by atoms with Crippen molar-refractivity contribution < 1.29 is 9.18 Å². The van der Waals surface area contributed by atoms with Crippen LogP contribution in [0.1, 0.15) is 24.2 Å². The smallest absolute Gasteiger partial charge is 0.230 e. The van der Waals surface area contributed by atoms with E-state index in [1.165, 1.54) is 12.1 Å². The number of aromatic nitrogens is 2. The molecule has 1 saturated carbocycles. The van der Waals surface area contributed by atoms with Crippen molar-refractivity contribution in [2.45, 2.75) is 31.7 Å². The Kier molecular flexibility index (Phi) is 3.49. The highest BCUT2D eigenvalue weighted by molar-refractivity contribution is 5.91. The minimum Gasteiger partial charge on any atom is -0.354 e. The average Bonchev–Trinajstić information content (AvgIpc) is 3.19.